The number of piperazine rings is 1. The largest absolute Gasteiger partial charge is 0.465 e. The van der Waals surface area contributed by atoms with E-state index < -0.39 is 32.1 Å². The number of likely N-dealkylation sites (N-methyl/N-ethyl adjacent to an activating group) is 1. The van der Waals surface area contributed by atoms with Gasteiger partial charge < -0.3 is 4.74 Å². The van der Waals surface area contributed by atoms with Crippen LogP contribution in [0.25, 0.3) is 0 Å². The number of sulfonamides is 2. The van der Waals surface area contributed by atoms with Crippen LogP contribution >= 0.6 is 0 Å². The van der Waals surface area contributed by atoms with Crippen LogP contribution in [0.2, 0.25) is 0 Å². The molecular weight excluding hydrogens is 418 g/mol. The maximum absolute atomic E-state index is 13.0. The van der Waals surface area contributed by atoms with Gasteiger partial charge in [0.1, 0.15) is 6.04 Å². The molecule has 1 aliphatic heterocycles. The highest BCUT2D eigenvalue weighted by Gasteiger charge is 2.37. The molecule has 1 fully saturated rings. The molecular formula is C18H29N3O6S2. The highest BCUT2D eigenvalue weighted by molar-refractivity contribution is 7.89. The standard InChI is InChI=1S/C18H29N3O6S2/c1-5-20(6-2)28(23,24)15-8-10-16(11-9-15)29(25,26)21-13-12-19(4)17(14-21)18(22)27-7-3/h8-11,17H,5-7,12-14H2,1-4H3/t17-/m1/s1. The zero-order valence-electron chi connectivity index (χ0n) is 17.2. The molecule has 11 heteroatoms. The first kappa shape index (κ1) is 23.7. The van der Waals surface area contributed by atoms with Gasteiger partial charge in [-0.25, -0.2) is 16.8 Å². The molecule has 0 aromatic heterocycles. The van der Waals surface area contributed by atoms with Gasteiger partial charge in [0.05, 0.1) is 16.4 Å². The van der Waals surface area contributed by atoms with Crippen molar-refractivity contribution in [1.82, 2.24) is 13.5 Å². The van der Waals surface area contributed by atoms with Crippen molar-refractivity contribution in [2.45, 2.75) is 36.6 Å². The maximum atomic E-state index is 13.0. The molecule has 9 nitrogen and oxygen atoms in total. The molecule has 0 radical (unpaired) electrons. The molecule has 0 N–H and O–H groups in total. The van der Waals surface area contributed by atoms with Crippen molar-refractivity contribution in [3.63, 3.8) is 0 Å². The number of hydrogen-bond donors (Lipinski definition) is 0. The summed E-state index contributed by atoms with van der Waals surface area (Å²) in [5.74, 6) is -0.462. The lowest BCUT2D eigenvalue weighted by Crippen LogP contribution is -2.56. The molecule has 29 heavy (non-hydrogen) atoms. The number of hydrogen-bond acceptors (Lipinski definition) is 7. The van der Waals surface area contributed by atoms with E-state index in [1.54, 1.807) is 32.7 Å². The van der Waals surface area contributed by atoms with Crippen LogP contribution in [0.15, 0.2) is 34.1 Å². The third kappa shape index (κ3) is 4.97. The Morgan fingerprint density at radius 2 is 1.59 bits per heavy atom. The van der Waals surface area contributed by atoms with Crippen LogP contribution in [0.4, 0.5) is 0 Å². The van der Waals surface area contributed by atoms with E-state index in [9.17, 15) is 21.6 Å². The molecule has 164 valence electrons. The van der Waals surface area contributed by atoms with Gasteiger partial charge in [-0.05, 0) is 38.2 Å². The van der Waals surface area contributed by atoms with Crippen molar-refractivity contribution < 1.29 is 26.4 Å². The van der Waals surface area contributed by atoms with E-state index in [0.29, 0.717) is 19.6 Å². The smallest absolute Gasteiger partial charge is 0.324 e. The van der Waals surface area contributed by atoms with Gasteiger partial charge in [0.15, 0.2) is 0 Å². The SMILES string of the molecule is CCOC(=O)[C@H]1CN(S(=O)(=O)c2ccc(S(=O)(=O)N(CC)CC)cc2)CCN1C. The summed E-state index contributed by atoms with van der Waals surface area (Å²) in [7, 11) is -5.79. The van der Waals surface area contributed by atoms with Crippen molar-refractivity contribution in [3.05, 3.63) is 24.3 Å². The zero-order valence-corrected chi connectivity index (χ0v) is 18.9. The second-order valence-corrected chi connectivity index (χ2v) is 10.5. The lowest BCUT2D eigenvalue weighted by atomic mass is 10.2. The van der Waals surface area contributed by atoms with Crippen LogP contribution in [-0.2, 0) is 29.6 Å². The molecule has 1 heterocycles. The Bertz CT molecular complexity index is 911. The monoisotopic (exact) mass is 447 g/mol. The minimum Gasteiger partial charge on any atom is -0.465 e. The summed E-state index contributed by atoms with van der Waals surface area (Å²) in [6, 6.07) is 4.52. The van der Waals surface area contributed by atoms with Gasteiger partial charge in [-0.1, -0.05) is 13.8 Å². The lowest BCUT2D eigenvalue weighted by Gasteiger charge is -2.37. The summed E-state index contributed by atoms with van der Waals surface area (Å²) in [6.07, 6.45) is 0. The van der Waals surface area contributed by atoms with Gasteiger partial charge in [-0.2, -0.15) is 8.61 Å². The molecule has 0 aliphatic carbocycles. The number of nitrogens with zero attached hydrogens (tertiary/aromatic N) is 3. The number of carbonyl (C=O) groups excluding carboxylic acids is 1. The topological polar surface area (TPSA) is 104 Å². The van der Waals surface area contributed by atoms with Crippen LogP contribution in [0.5, 0.6) is 0 Å². The van der Waals surface area contributed by atoms with Gasteiger partial charge in [-0.3, -0.25) is 9.69 Å². The second kappa shape index (κ2) is 9.52. The number of benzene rings is 1. The predicted molar refractivity (Wildman–Crippen MR) is 108 cm³/mol. The fourth-order valence-electron chi connectivity index (χ4n) is 3.21. The summed E-state index contributed by atoms with van der Waals surface area (Å²) >= 11 is 0. The van der Waals surface area contributed by atoms with E-state index in [1.165, 1.54) is 32.9 Å². The molecule has 0 bridgehead atoms. The molecule has 0 spiro atoms. The van der Waals surface area contributed by atoms with Gasteiger partial charge in [-0.15, -0.1) is 0 Å². The molecule has 2 rings (SSSR count). The van der Waals surface area contributed by atoms with Crippen LogP contribution in [0, 0.1) is 0 Å². The van der Waals surface area contributed by atoms with Crippen LogP contribution in [-0.4, -0.2) is 88.7 Å². The van der Waals surface area contributed by atoms with Crippen molar-refractivity contribution in [2.75, 3.05) is 46.4 Å². The van der Waals surface area contributed by atoms with E-state index in [2.05, 4.69) is 0 Å². The first-order valence-corrected chi connectivity index (χ1v) is 12.4. The molecule has 0 saturated carbocycles. The van der Waals surface area contributed by atoms with Crippen molar-refractivity contribution >= 4 is 26.0 Å². The Hall–Kier alpha value is -1.53. The Morgan fingerprint density at radius 3 is 2.10 bits per heavy atom. The first-order valence-electron chi connectivity index (χ1n) is 9.56. The molecule has 0 amide bonds. The average Bonchev–Trinajstić information content (AvgIpc) is 2.69. The highest BCUT2D eigenvalue weighted by atomic mass is 32.2. The fraction of sp³-hybridized carbons (Fsp3) is 0.611. The molecule has 0 unspecified atom stereocenters. The van der Waals surface area contributed by atoms with E-state index in [0.717, 1.165) is 0 Å². The van der Waals surface area contributed by atoms with Crippen LogP contribution < -0.4 is 0 Å². The Morgan fingerprint density at radius 1 is 1.03 bits per heavy atom. The van der Waals surface area contributed by atoms with Gasteiger partial charge in [0, 0.05) is 32.7 Å². The Labute approximate surface area is 173 Å². The fourth-order valence-corrected chi connectivity index (χ4v) is 6.10. The summed E-state index contributed by atoms with van der Waals surface area (Å²) in [6.45, 7) is 6.66. The average molecular weight is 448 g/mol. The Balaban J connectivity index is 2.26. The van der Waals surface area contributed by atoms with E-state index in [-0.39, 0.29) is 29.5 Å². The molecule has 1 atom stereocenters. The molecule has 1 aromatic rings. The van der Waals surface area contributed by atoms with Gasteiger partial charge in [0.25, 0.3) is 0 Å². The number of ether oxygens (including phenoxy) is 1. The van der Waals surface area contributed by atoms with Gasteiger partial charge in [0.2, 0.25) is 20.0 Å². The molecule has 1 aliphatic rings. The van der Waals surface area contributed by atoms with Crippen molar-refractivity contribution in [3.8, 4) is 0 Å². The quantitative estimate of drug-likeness (QED) is 0.537. The molecule has 1 aromatic carbocycles. The van der Waals surface area contributed by atoms with E-state index >= 15 is 0 Å². The van der Waals surface area contributed by atoms with Crippen LogP contribution in [0.1, 0.15) is 20.8 Å². The Kier molecular flexibility index (Phi) is 7.80. The summed E-state index contributed by atoms with van der Waals surface area (Å²) in [4.78, 5) is 13.9. The lowest BCUT2D eigenvalue weighted by molar-refractivity contribution is -0.150. The minimum atomic E-state index is -3.87. The number of rotatable bonds is 8. The van der Waals surface area contributed by atoms with Gasteiger partial charge >= 0.3 is 5.97 Å². The number of carbonyl (C=O) groups is 1. The molecule has 1 saturated heterocycles. The minimum absolute atomic E-state index is 0.0110. The third-order valence-corrected chi connectivity index (χ3v) is 8.92. The predicted octanol–water partition coefficient (Wildman–Crippen LogP) is 0.585. The van der Waals surface area contributed by atoms with E-state index in [4.69, 9.17) is 4.74 Å². The normalized spacial score (nSPS) is 19.4. The van der Waals surface area contributed by atoms with Crippen molar-refractivity contribution in [2.24, 2.45) is 0 Å². The third-order valence-electron chi connectivity index (χ3n) is 4.97. The second-order valence-electron chi connectivity index (χ2n) is 6.67. The summed E-state index contributed by atoms with van der Waals surface area (Å²) in [5, 5.41) is 0. The highest BCUT2D eigenvalue weighted by Crippen LogP contribution is 2.23. The number of esters is 1. The van der Waals surface area contributed by atoms with Crippen LogP contribution in [0.3, 0.4) is 0 Å². The van der Waals surface area contributed by atoms with Crippen molar-refractivity contribution in [1.29, 1.82) is 0 Å². The van der Waals surface area contributed by atoms with E-state index in [1.807, 2.05) is 0 Å². The summed E-state index contributed by atoms with van der Waals surface area (Å²) in [5.41, 5.74) is 0. The maximum Gasteiger partial charge on any atom is 0.324 e. The summed E-state index contributed by atoms with van der Waals surface area (Å²) < 4.78 is 58.8. The first-order chi connectivity index (χ1) is 13.6. The zero-order chi connectivity index (χ0) is 21.8.